The summed E-state index contributed by atoms with van der Waals surface area (Å²) >= 11 is 0. The topological polar surface area (TPSA) is 44.5 Å². The molecule has 2 aliphatic heterocycles. The fourth-order valence-corrected chi connectivity index (χ4v) is 3.87. The SMILES string of the molecule is CCC(N)(c1ccccc1F)C1CCOC2(CCOC2)C1. The highest BCUT2D eigenvalue weighted by atomic mass is 19.1. The van der Waals surface area contributed by atoms with Gasteiger partial charge in [-0.1, -0.05) is 25.1 Å². The Kier molecular flexibility index (Phi) is 4.04. The molecule has 3 rings (SSSR count). The summed E-state index contributed by atoms with van der Waals surface area (Å²) in [5, 5.41) is 0. The van der Waals surface area contributed by atoms with E-state index in [9.17, 15) is 4.39 Å². The number of rotatable bonds is 3. The van der Waals surface area contributed by atoms with Crippen LogP contribution < -0.4 is 5.73 Å². The summed E-state index contributed by atoms with van der Waals surface area (Å²) in [5.74, 6) is 0.0138. The van der Waals surface area contributed by atoms with Gasteiger partial charge in [0.1, 0.15) is 5.82 Å². The van der Waals surface area contributed by atoms with E-state index in [4.69, 9.17) is 15.2 Å². The third-order valence-corrected chi connectivity index (χ3v) is 5.25. The quantitative estimate of drug-likeness (QED) is 0.932. The van der Waals surface area contributed by atoms with Crippen molar-refractivity contribution in [3.63, 3.8) is 0 Å². The Labute approximate surface area is 125 Å². The van der Waals surface area contributed by atoms with Crippen LogP contribution >= 0.6 is 0 Å². The van der Waals surface area contributed by atoms with Crippen LogP contribution in [0.2, 0.25) is 0 Å². The molecule has 21 heavy (non-hydrogen) atoms. The smallest absolute Gasteiger partial charge is 0.128 e. The van der Waals surface area contributed by atoms with Crippen molar-refractivity contribution in [3.8, 4) is 0 Å². The van der Waals surface area contributed by atoms with E-state index in [1.807, 2.05) is 19.1 Å². The van der Waals surface area contributed by atoms with Gasteiger partial charge in [-0.15, -0.1) is 0 Å². The lowest BCUT2D eigenvalue weighted by Gasteiger charge is -2.45. The first kappa shape index (κ1) is 14.9. The molecule has 2 heterocycles. The Morgan fingerprint density at radius 1 is 1.38 bits per heavy atom. The van der Waals surface area contributed by atoms with Crippen LogP contribution in [0, 0.1) is 11.7 Å². The highest BCUT2D eigenvalue weighted by molar-refractivity contribution is 5.27. The Balaban J connectivity index is 1.90. The number of hydrogen-bond donors (Lipinski definition) is 1. The average Bonchev–Trinajstić information content (AvgIpc) is 2.95. The van der Waals surface area contributed by atoms with Crippen molar-refractivity contribution < 1.29 is 13.9 Å². The summed E-state index contributed by atoms with van der Waals surface area (Å²) in [5.41, 5.74) is 6.51. The maximum atomic E-state index is 14.3. The van der Waals surface area contributed by atoms with Crippen LogP contribution in [0.25, 0.3) is 0 Å². The molecule has 116 valence electrons. The zero-order valence-corrected chi connectivity index (χ0v) is 12.6. The number of hydrogen-bond acceptors (Lipinski definition) is 3. The van der Waals surface area contributed by atoms with E-state index in [0.29, 0.717) is 18.8 Å². The molecule has 4 heteroatoms. The van der Waals surface area contributed by atoms with Gasteiger partial charge in [0.25, 0.3) is 0 Å². The fourth-order valence-electron chi connectivity index (χ4n) is 3.87. The zero-order chi connectivity index (χ0) is 14.9. The van der Waals surface area contributed by atoms with Crippen molar-refractivity contribution in [1.82, 2.24) is 0 Å². The second kappa shape index (κ2) is 5.67. The van der Waals surface area contributed by atoms with Crippen molar-refractivity contribution in [1.29, 1.82) is 0 Å². The molecule has 2 aliphatic rings. The van der Waals surface area contributed by atoms with E-state index >= 15 is 0 Å². The van der Waals surface area contributed by atoms with E-state index in [0.717, 1.165) is 32.3 Å². The second-order valence-electron chi connectivity index (χ2n) is 6.40. The van der Waals surface area contributed by atoms with Crippen LogP contribution in [-0.2, 0) is 15.0 Å². The van der Waals surface area contributed by atoms with Crippen LogP contribution in [0.5, 0.6) is 0 Å². The van der Waals surface area contributed by atoms with Gasteiger partial charge < -0.3 is 15.2 Å². The molecule has 2 saturated heterocycles. The Morgan fingerprint density at radius 2 is 2.19 bits per heavy atom. The van der Waals surface area contributed by atoms with Gasteiger partial charge in [0.05, 0.1) is 12.2 Å². The van der Waals surface area contributed by atoms with Crippen molar-refractivity contribution in [2.75, 3.05) is 19.8 Å². The van der Waals surface area contributed by atoms with Gasteiger partial charge in [-0.05, 0) is 31.2 Å². The molecule has 2 fully saturated rings. The first-order chi connectivity index (χ1) is 10.1. The zero-order valence-electron chi connectivity index (χ0n) is 12.6. The third kappa shape index (κ3) is 2.60. The van der Waals surface area contributed by atoms with Crippen molar-refractivity contribution in [3.05, 3.63) is 35.6 Å². The minimum Gasteiger partial charge on any atom is -0.378 e. The summed E-state index contributed by atoms with van der Waals surface area (Å²) < 4.78 is 25.8. The van der Waals surface area contributed by atoms with Crippen LogP contribution in [0.15, 0.2) is 24.3 Å². The lowest BCUT2D eigenvalue weighted by Crippen LogP contribution is -2.52. The molecule has 0 saturated carbocycles. The molecule has 3 unspecified atom stereocenters. The predicted octanol–water partition coefficient (Wildman–Crippen LogP) is 2.98. The van der Waals surface area contributed by atoms with E-state index in [1.54, 1.807) is 6.07 Å². The normalized spacial score (nSPS) is 32.2. The molecule has 3 atom stereocenters. The van der Waals surface area contributed by atoms with Gasteiger partial charge in [0, 0.05) is 30.7 Å². The van der Waals surface area contributed by atoms with Crippen LogP contribution in [0.1, 0.15) is 38.2 Å². The molecule has 0 bridgehead atoms. The molecular weight excluding hydrogens is 269 g/mol. The van der Waals surface area contributed by atoms with E-state index in [1.165, 1.54) is 6.07 Å². The van der Waals surface area contributed by atoms with Crippen LogP contribution in [-0.4, -0.2) is 25.4 Å². The predicted molar refractivity (Wildman–Crippen MR) is 79.4 cm³/mol. The first-order valence-electron chi connectivity index (χ1n) is 7.85. The van der Waals surface area contributed by atoms with Gasteiger partial charge in [-0.3, -0.25) is 0 Å². The van der Waals surface area contributed by atoms with Crippen LogP contribution in [0.4, 0.5) is 4.39 Å². The summed E-state index contributed by atoms with van der Waals surface area (Å²) in [6.07, 6.45) is 3.36. The number of benzene rings is 1. The molecule has 0 radical (unpaired) electrons. The maximum Gasteiger partial charge on any atom is 0.128 e. The van der Waals surface area contributed by atoms with Gasteiger partial charge in [-0.25, -0.2) is 4.39 Å². The largest absolute Gasteiger partial charge is 0.378 e. The van der Waals surface area contributed by atoms with Crippen molar-refractivity contribution in [2.45, 2.75) is 43.7 Å². The molecule has 2 N–H and O–H groups in total. The van der Waals surface area contributed by atoms with E-state index in [-0.39, 0.29) is 17.3 Å². The van der Waals surface area contributed by atoms with Gasteiger partial charge >= 0.3 is 0 Å². The lowest BCUT2D eigenvalue weighted by molar-refractivity contribution is -0.111. The first-order valence-corrected chi connectivity index (χ1v) is 7.85. The molecule has 3 nitrogen and oxygen atoms in total. The Hall–Kier alpha value is -0.970. The summed E-state index contributed by atoms with van der Waals surface area (Å²) in [6.45, 7) is 4.11. The summed E-state index contributed by atoms with van der Waals surface area (Å²) in [6, 6.07) is 6.90. The summed E-state index contributed by atoms with van der Waals surface area (Å²) in [7, 11) is 0. The molecule has 0 aromatic heterocycles. The number of nitrogens with two attached hydrogens (primary N) is 1. The molecule has 1 aromatic carbocycles. The lowest BCUT2D eigenvalue weighted by atomic mass is 9.69. The highest BCUT2D eigenvalue weighted by Gasteiger charge is 2.47. The minimum absolute atomic E-state index is 0.200. The minimum atomic E-state index is -0.634. The maximum absolute atomic E-state index is 14.3. The highest BCUT2D eigenvalue weighted by Crippen LogP contribution is 2.44. The molecule has 0 aliphatic carbocycles. The Morgan fingerprint density at radius 3 is 2.86 bits per heavy atom. The van der Waals surface area contributed by atoms with E-state index in [2.05, 4.69) is 0 Å². The monoisotopic (exact) mass is 293 g/mol. The average molecular weight is 293 g/mol. The fraction of sp³-hybridized carbons (Fsp3) is 0.647. The van der Waals surface area contributed by atoms with Crippen molar-refractivity contribution in [2.24, 2.45) is 11.7 Å². The second-order valence-corrected chi connectivity index (χ2v) is 6.40. The summed E-state index contributed by atoms with van der Waals surface area (Å²) in [4.78, 5) is 0. The van der Waals surface area contributed by atoms with Gasteiger partial charge in [-0.2, -0.15) is 0 Å². The molecule has 0 amide bonds. The van der Waals surface area contributed by atoms with E-state index < -0.39 is 5.54 Å². The van der Waals surface area contributed by atoms with Gasteiger partial charge in [0.2, 0.25) is 0 Å². The van der Waals surface area contributed by atoms with Crippen molar-refractivity contribution >= 4 is 0 Å². The van der Waals surface area contributed by atoms with Gasteiger partial charge in [0.15, 0.2) is 0 Å². The number of ether oxygens (including phenoxy) is 2. The third-order valence-electron chi connectivity index (χ3n) is 5.25. The Bertz CT molecular complexity index is 501. The standard InChI is InChI=1S/C17H24FNO2/c1-2-17(19,14-5-3-4-6-15(14)18)13-7-9-21-16(11-13)8-10-20-12-16/h3-6,13H,2,7-12,19H2,1H3. The molecule has 1 aromatic rings. The molecular formula is C17H24FNO2. The number of halogens is 1. The molecule has 1 spiro atoms. The van der Waals surface area contributed by atoms with Crippen LogP contribution in [0.3, 0.4) is 0 Å².